The van der Waals surface area contributed by atoms with Crippen molar-refractivity contribution in [1.82, 2.24) is 0 Å². The fraction of sp³-hybridized carbons (Fsp3) is 0.200. The van der Waals surface area contributed by atoms with Gasteiger partial charge in [0.15, 0.2) is 0 Å². The van der Waals surface area contributed by atoms with E-state index >= 15 is 0 Å². The van der Waals surface area contributed by atoms with Gasteiger partial charge in [-0.05, 0) is 39.7 Å². The normalized spacial score (nSPS) is 18.5. The number of nitrogens with two attached hydrogens (primary N) is 1. The largest absolute Gasteiger partial charge is 0.488 e. The summed E-state index contributed by atoms with van der Waals surface area (Å²) in [7, 11) is 0. The Morgan fingerprint density at radius 1 is 1.20 bits per heavy atom. The average Bonchev–Trinajstić information content (AvgIpc) is 2.86. The first kappa shape index (κ1) is 13.5. The van der Waals surface area contributed by atoms with Crippen molar-refractivity contribution in [1.29, 1.82) is 0 Å². The van der Waals surface area contributed by atoms with Crippen molar-refractivity contribution in [3.05, 3.63) is 63.6 Å². The summed E-state index contributed by atoms with van der Waals surface area (Å²) >= 11 is 2.95. The Morgan fingerprint density at radius 3 is 2.70 bits per heavy atom. The molecular formula is C15H12BrF2NO. The molecule has 0 aliphatic carbocycles. The fourth-order valence-electron chi connectivity index (χ4n) is 2.40. The molecule has 0 fully saturated rings. The molecule has 0 amide bonds. The van der Waals surface area contributed by atoms with Crippen molar-refractivity contribution in [3.8, 4) is 5.75 Å². The minimum Gasteiger partial charge on any atom is -0.488 e. The van der Waals surface area contributed by atoms with E-state index in [0.29, 0.717) is 6.42 Å². The molecule has 2 atom stereocenters. The lowest BCUT2D eigenvalue weighted by Gasteiger charge is -2.20. The van der Waals surface area contributed by atoms with E-state index < -0.39 is 17.7 Å². The lowest BCUT2D eigenvalue weighted by atomic mass is 9.98. The van der Waals surface area contributed by atoms with E-state index in [-0.39, 0.29) is 16.1 Å². The standard InChI is InChI=1S/C15H12BrF2NO/c16-10-7-11(17)9(6-12(10)18)15(19)14-5-8-3-1-2-4-13(8)20-14/h1-4,6-7,14-15H,5,19H2. The highest BCUT2D eigenvalue weighted by atomic mass is 79.9. The molecule has 20 heavy (non-hydrogen) atoms. The van der Waals surface area contributed by atoms with Crippen molar-refractivity contribution in [2.75, 3.05) is 0 Å². The lowest BCUT2D eigenvalue weighted by Crippen LogP contribution is -2.30. The minimum absolute atomic E-state index is 0.0848. The highest BCUT2D eigenvalue weighted by molar-refractivity contribution is 9.10. The number of para-hydroxylation sites is 1. The Bertz CT molecular complexity index is 637. The van der Waals surface area contributed by atoms with Gasteiger partial charge in [0.05, 0.1) is 10.5 Å². The Balaban J connectivity index is 1.88. The molecule has 0 saturated heterocycles. The monoisotopic (exact) mass is 339 g/mol. The van der Waals surface area contributed by atoms with E-state index in [0.717, 1.165) is 23.4 Å². The van der Waals surface area contributed by atoms with Gasteiger partial charge in [-0.15, -0.1) is 0 Å². The van der Waals surface area contributed by atoms with Crippen molar-refractivity contribution >= 4 is 15.9 Å². The van der Waals surface area contributed by atoms with Crippen LogP contribution in [0.25, 0.3) is 0 Å². The van der Waals surface area contributed by atoms with Crippen LogP contribution in [0, 0.1) is 11.6 Å². The third-order valence-electron chi connectivity index (χ3n) is 3.47. The maximum atomic E-state index is 13.9. The maximum absolute atomic E-state index is 13.9. The second-order valence-corrected chi connectivity index (χ2v) is 5.64. The van der Waals surface area contributed by atoms with Gasteiger partial charge in [0.1, 0.15) is 23.5 Å². The SMILES string of the molecule is NC(c1cc(F)c(Br)cc1F)C1Cc2ccccc2O1. The van der Waals surface area contributed by atoms with Crippen molar-refractivity contribution < 1.29 is 13.5 Å². The summed E-state index contributed by atoms with van der Waals surface area (Å²) in [5.74, 6) is -0.316. The molecule has 2 nitrogen and oxygen atoms in total. The summed E-state index contributed by atoms with van der Waals surface area (Å²) in [6.45, 7) is 0. The van der Waals surface area contributed by atoms with E-state index in [1.165, 1.54) is 0 Å². The zero-order valence-electron chi connectivity index (χ0n) is 10.4. The van der Waals surface area contributed by atoms with Crippen LogP contribution < -0.4 is 10.5 Å². The highest BCUT2D eigenvalue weighted by Crippen LogP contribution is 2.34. The van der Waals surface area contributed by atoms with Crippen LogP contribution in [-0.4, -0.2) is 6.10 Å². The van der Waals surface area contributed by atoms with Gasteiger partial charge in [-0.3, -0.25) is 0 Å². The van der Waals surface area contributed by atoms with Gasteiger partial charge in [0, 0.05) is 12.0 Å². The zero-order valence-corrected chi connectivity index (χ0v) is 12.0. The van der Waals surface area contributed by atoms with E-state index in [9.17, 15) is 8.78 Å². The molecule has 0 radical (unpaired) electrons. The summed E-state index contributed by atoms with van der Waals surface area (Å²) in [6, 6.07) is 9.07. The van der Waals surface area contributed by atoms with E-state index in [2.05, 4.69) is 15.9 Å². The predicted octanol–water partition coefficient (Wildman–Crippen LogP) is 3.73. The summed E-state index contributed by atoms with van der Waals surface area (Å²) in [5, 5.41) is 0. The highest BCUT2D eigenvalue weighted by Gasteiger charge is 2.30. The van der Waals surface area contributed by atoms with Crippen LogP contribution >= 0.6 is 15.9 Å². The van der Waals surface area contributed by atoms with Gasteiger partial charge in [-0.1, -0.05) is 18.2 Å². The number of hydrogen-bond acceptors (Lipinski definition) is 2. The van der Waals surface area contributed by atoms with Crippen LogP contribution in [0.15, 0.2) is 40.9 Å². The third-order valence-corrected chi connectivity index (χ3v) is 4.08. The van der Waals surface area contributed by atoms with Gasteiger partial charge in [-0.2, -0.15) is 0 Å². The molecule has 0 aromatic heterocycles. The molecule has 0 bridgehead atoms. The van der Waals surface area contributed by atoms with Crippen LogP contribution in [0.1, 0.15) is 17.2 Å². The minimum atomic E-state index is -0.718. The van der Waals surface area contributed by atoms with Crippen LogP contribution in [0.5, 0.6) is 5.75 Å². The van der Waals surface area contributed by atoms with Crippen LogP contribution in [0.2, 0.25) is 0 Å². The molecular weight excluding hydrogens is 328 g/mol. The lowest BCUT2D eigenvalue weighted by molar-refractivity contribution is 0.197. The van der Waals surface area contributed by atoms with Gasteiger partial charge in [0.2, 0.25) is 0 Å². The first-order valence-corrected chi connectivity index (χ1v) is 7.00. The summed E-state index contributed by atoms with van der Waals surface area (Å²) in [6.07, 6.45) is 0.205. The Morgan fingerprint density at radius 2 is 1.95 bits per heavy atom. The number of hydrogen-bond donors (Lipinski definition) is 1. The Labute approximate surface area is 123 Å². The number of rotatable bonds is 2. The number of halogens is 3. The smallest absolute Gasteiger partial charge is 0.137 e. The summed E-state index contributed by atoms with van der Waals surface area (Å²) < 4.78 is 33.3. The summed E-state index contributed by atoms with van der Waals surface area (Å²) in [4.78, 5) is 0. The Kier molecular flexibility index (Phi) is 3.48. The summed E-state index contributed by atoms with van der Waals surface area (Å²) in [5.41, 5.74) is 7.21. The van der Waals surface area contributed by atoms with Gasteiger partial charge < -0.3 is 10.5 Å². The molecule has 0 saturated carbocycles. The van der Waals surface area contributed by atoms with E-state index in [4.69, 9.17) is 10.5 Å². The van der Waals surface area contributed by atoms with Crippen molar-refractivity contribution in [3.63, 3.8) is 0 Å². The fourth-order valence-corrected chi connectivity index (χ4v) is 2.72. The molecule has 0 spiro atoms. The average molecular weight is 340 g/mol. The Hall–Kier alpha value is -1.46. The van der Waals surface area contributed by atoms with Crippen LogP contribution in [-0.2, 0) is 6.42 Å². The molecule has 2 aromatic rings. The second kappa shape index (κ2) is 5.14. The molecule has 1 aliphatic heterocycles. The zero-order chi connectivity index (χ0) is 14.3. The molecule has 104 valence electrons. The molecule has 1 aliphatic rings. The quantitative estimate of drug-likeness (QED) is 0.846. The van der Waals surface area contributed by atoms with Crippen molar-refractivity contribution in [2.45, 2.75) is 18.6 Å². The number of ether oxygens (including phenoxy) is 1. The first-order valence-electron chi connectivity index (χ1n) is 6.21. The van der Waals surface area contributed by atoms with Gasteiger partial charge in [-0.25, -0.2) is 8.78 Å². The van der Waals surface area contributed by atoms with E-state index in [1.54, 1.807) is 0 Å². The molecule has 2 aromatic carbocycles. The van der Waals surface area contributed by atoms with Gasteiger partial charge >= 0.3 is 0 Å². The van der Waals surface area contributed by atoms with Gasteiger partial charge in [0.25, 0.3) is 0 Å². The van der Waals surface area contributed by atoms with Crippen LogP contribution in [0.4, 0.5) is 8.78 Å². The molecule has 5 heteroatoms. The predicted molar refractivity (Wildman–Crippen MR) is 75.5 cm³/mol. The number of benzene rings is 2. The number of fused-ring (bicyclic) bond motifs is 1. The van der Waals surface area contributed by atoms with E-state index in [1.807, 2.05) is 24.3 Å². The molecule has 2 unspecified atom stereocenters. The third kappa shape index (κ3) is 2.31. The van der Waals surface area contributed by atoms with Crippen LogP contribution in [0.3, 0.4) is 0 Å². The first-order chi connectivity index (χ1) is 9.56. The molecule has 2 N–H and O–H groups in total. The second-order valence-electron chi connectivity index (χ2n) is 4.78. The van der Waals surface area contributed by atoms with Crippen molar-refractivity contribution in [2.24, 2.45) is 5.73 Å². The topological polar surface area (TPSA) is 35.2 Å². The molecule has 1 heterocycles. The maximum Gasteiger partial charge on any atom is 0.137 e. The molecule has 3 rings (SSSR count).